The minimum Gasteiger partial charge on any atom is -0.460 e. The summed E-state index contributed by atoms with van der Waals surface area (Å²) in [5.41, 5.74) is 29.3. The third kappa shape index (κ3) is 9.00. The fourth-order valence-electron chi connectivity index (χ4n) is 15.2. The van der Waals surface area contributed by atoms with Crippen LogP contribution in [0.4, 0.5) is 51.2 Å². The van der Waals surface area contributed by atoms with Gasteiger partial charge in [-0.2, -0.15) is 0 Å². The Balaban J connectivity index is 0.988. The van der Waals surface area contributed by atoms with E-state index in [-0.39, 0.29) is 28.4 Å². The number of allylic oxidation sites excluding steroid dienone is 5. The molecular weight excluding hydrogens is 1050 g/mol. The molecule has 9 aromatic carbocycles. The van der Waals surface area contributed by atoms with Gasteiger partial charge in [-0.25, -0.2) is 0 Å². The minimum absolute atomic E-state index is 0.00111. The summed E-state index contributed by atoms with van der Waals surface area (Å²) in [5, 5.41) is 1.19. The molecule has 1 atom stereocenters. The summed E-state index contributed by atoms with van der Waals surface area (Å²) in [7, 11) is 0. The molecule has 0 spiro atoms. The smallest absolute Gasteiger partial charge is 0.252 e. The Morgan fingerprint density at radius 3 is 1.89 bits per heavy atom. The molecule has 2 aliphatic heterocycles. The SMILES string of the molecule is CC(C)(C)c1ccc(N(c2ccc3c(c2)N(c2ccc4c(c2)C(C)(C)C2CCC=CC=C42)c2cc(C(C)(C)C)cc4c2B3c2ccc(C(C)(C)C)cc2N4c2ccc(C3=CCCc4oc5ccccc5c43)cc2)c2ccccc2-c2ccccc2)cc1. The highest BCUT2D eigenvalue weighted by molar-refractivity contribution is 7.00. The maximum Gasteiger partial charge on any atom is 0.252 e. The molecule has 0 radical (unpaired) electrons. The first-order chi connectivity index (χ1) is 41.8. The molecule has 15 rings (SSSR count). The maximum absolute atomic E-state index is 6.51. The van der Waals surface area contributed by atoms with Crippen molar-refractivity contribution in [1.29, 1.82) is 0 Å². The quantitative estimate of drug-likeness (QED) is 0.148. The van der Waals surface area contributed by atoms with Crippen molar-refractivity contribution in [2.75, 3.05) is 14.7 Å². The van der Waals surface area contributed by atoms with Crippen LogP contribution in [0, 0.1) is 5.92 Å². The van der Waals surface area contributed by atoms with Crippen molar-refractivity contribution in [3.8, 4) is 11.1 Å². The molecule has 3 aliphatic carbocycles. The molecule has 1 unspecified atom stereocenters. The van der Waals surface area contributed by atoms with Gasteiger partial charge >= 0.3 is 0 Å². The van der Waals surface area contributed by atoms with Gasteiger partial charge in [-0.3, -0.25) is 0 Å². The van der Waals surface area contributed by atoms with Crippen molar-refractivity contribution in [2.24, 2.45) is 5.92 Å². The number of hydrogen-bond donors (Lipinski definition) is 0. The van der Waals surface area contributed by atoms with E-state index in [0.29, 0.717) is 5.92 Å². The zero-order valence-corrected chi connectivity index (χ0v) is 52.5. The number of anilines is 9. The summed E-state index contributed by atoms with van der Waals surface area (Å²) in [6.45, 7) is 26.0. The lowest BCUT2D eigenvalue weighted by atomic mass is 9.33. The van der Waals surface area contributed by atoms with Crippen LogP contribution >= 0.6 is 0 Å². The third-order valence-corrected chi connectivity index (χ3v) is 19.9. The van der Waals surface area contributed by atoms with E-state index in [1.807, 2.05) is 0 Å². The monoisotopic (exact) mass is 1130 g/mol. The molecule has 0 bridgehead atoms. The summed E-state index contributed by atoms with van der Waals surface area (Å²) in [4.78, 5) is 7.80. The van der Waals surface area contributed by atoms with Gasteiger partial charge in [0.05, 0.1) is 5.69 Å². The standard InChI is InChI=1S/C82H78BN3O/c1-79(2,3)54-35-40-57(41-36-54)84(70-30-20-18-25-61(70)52-23-14-12-15-24-52)60-43-46-69-72(51-60)86(59-42-44-64-63-26-16-13-17-29-66(63)82(10,11)67(64)50-59)74-49-56(81(7,8)9)48-73-78(74)83(69)68-45-37-55(80(4,5)6)47-71(68)85(73)58-38-33-53(34-39-58)62-28-22-32-76-77(62)65-27-19-21-31-75(65)87-76/h12-16,18-21,23-28,30-31,33-51,66H,17,22,29,32H2,1-11H3. The summed E-state index contributed by atoms with van der Waals surface area (Å²) in [6.07, 6.45) is 13.6. The molecular formula is C82H78BN3O. The predicted molar refractivity (Wildman–Crippen MR) is 371 cm³/mol. The van der Waals surface area contributed by atoms with Crippen LogP contribution in [0.3, 0.4) is 0 Å². The van der Waals surface area contributed by atoms with Crippen LogP contribution in [-0.2, 0) is 28.1 Å². The van der Waals surface area contributed by atoms with Gasteiger partial charge in [0.25, 0.3) is 6.71 Å². The second kappa shape index (κ2) is 20.1. The van der Waals surface area contributed by atoms with E-state index >= 15 is 0 Å². The van der Waals surface area contributed by atoms with Crippen LogP contribution in [0.25, 0.3) is 33.2 Å². The Kier molecular flexibility index (Phi) is 12.7. The molecule has 0 fully saturated rings. The molecule has 10 aromatic rings. The number of rotatable bonds is 7. The molecule has 1 aromatic heterocycles. The normalized spacial score (nSPS) is 16.5. The second-order valence-electron chi connectivity index (χ2n) is 28.8. The van der Waals surface area contributed by atoms with Gasteiger partial charge in [0.15, 0.2) is 0 Å². The molecule has 0 saturated heterocycles. The predicted octanol–water partition coefficient (Wildman–Crippen LogP) is 20.6. The highest BCUT2D eigenvalue weighted by Crippen LogP contribution is 2.56. The topological polar surface area (TPSA) is 22.9 Å². The molecule has 5 heteroatoms. The average molecular weight is 1130 g/mol. The number of nitrogens with zero attached hydrogens (tertiary/aromatic N) is 3. The van der Waals surface area contributed by atoms with E-state index in [9.17, 15) is 0 Å². The zero-order chi connectivity index (χ0) is 59.9. The maximum atomic E-state index is 6.51. The van der Waals surface area contributed by atoms with Crippen molar-refractivity contribution in [2.45, 2.75) is 124 Å². The summed E-state index contributed by atoms with van der Waals surface area (Å²) < 4.78 is 6.51. The molecule has 0 saturated carbocycles. The summed E-state index contributed by atoms with van der Waals surface area (Å²) in [5.74, 6) is 1.52. The molecule has 0 amide bonds. The number of benzene rings is 9. The van der Waals surface area contributed by atoms with Gasteiger partial charge < -0.3 is 19.1 Å². The van der Waals surface area contributed by atoms with E-state index in [1.165, 1.54) is 111 Å². The van der Waals surface area contributed by atoms with E-state index in [4.69, 9.17) is 4.42 Å². The van der Waals surface area contributed by atoms with Gasteiger partial charge in [0, 0.05) is 68.4 Å². The third-order valence-electron chi connectivity index (χ3n) is 19.9. The van der Waals surface area contributed by atoms with Crippen LogP contribution in [-0.4, -0.2) is 6.71 Å². The van der Waals surface area contributed by atoms with Crippen LogP contribution in [0.15, 0.2) is 223 Å². The molecule has 3 heterocycles. The Hall–Kier alpha value is -8.80. The van der Waals surface area contributed by atoms with Crippen molar-refractivity contribution >= 4 is 96.4 Å². The van der Waals surface area contributed by atoms with E-state index in [0.717, 1.165) is 59.8 Å². The average Bonchev–Trinajstić information content (AvgIpc) is 1.19. The van der Waals surface area contributed by atoms with Crippen molar-refractivity contribution in [3.63, 3.8) is 0 Å². The number of para-hydroxylation sites is 2. The van der Waals surface area contributed by atoms with E-state index < -0.39 is 0 Å². The molecule has 430 valence electrons. The molecule has 5 aliphatic rings. The fraction of sp³-hybridized carbons (Fsp3) is 0.244. The number of aryl methyl sites for hydroxylation is 1. The minimum atomic E-state index is -0.193. The Bertz CT molecular complexity index is 4490. The Labute approximate surface area is 516 Å². The van der Waals surface area contributed by atoms with Crippen molar-refractivity contribution in [1.82, 2.24) is 0 Å². The summed E-state index contributed by atoms with van der Waals surface area (Å²) in [6, 6.07) is 74.6. The fourth-order valence-corrected chi connectivity index (χ4v) is 15.2. The van der Waals surface area contributed by atoms with Gasteiger partial charge in [-0.15, -0.1) is 0 Å². The first-order valence-electron chi connectivity index (χ1n) is 31.8. The number of hydrogen-bond acceptors (Lipinski definition) is 4. The molecule has 87 heavy (non-hydrogen) atoms. The van der Waals surface area contributed by atoms with Gasteiger partial charge in [0.2, 0.25) is 0 Å². The van der Waals surface area contributed by atoms with Gasteiger partial charge in [-0.1, -0.05) is 216 Å². The van der Waals surface area contributed by atoms with E-state index in [1.54, 1.807) is 0 Å². The highest BCUT2D eigenvalue weighted by Gasteiger charge is 2.47. The number of fused-ring (bicyclic) bond motifs is 10. The lowest BCUT2D eigenvalue weighted by molar-refractivity contribution is 0.394. The Morgan fingerprint density at radius 1 is 0.529 bits per heavy atom. The van der Waals surface area contributed by atoms with Crippen molar-refractivity contribution < 1.29 is 4.42 Å². The lowest BCUT2D eigenvalue weighted by Crippen LogP contribution is -2.61. The second-order valence-corrected chi connectivity index (χ2v) is 28.8. The molecule has 0 N–H and O–H groups in total. The Morgan fingerprint density at radius 2 is 1.15 bits per heavy atom. The lowest BCUT2D eigenvalue weighted by Gasteiger charge is -2.46. The van der Waals surface area contributed by atoms with E-state index in [2.05, 4.69) is 309 Å². The van der Waals surface area contributed by atoms with Crippen LogP contribution < -0.4 is 31.1 Å². The first kappa shape index (κ1) is 54.8. The van der Waals surface area contributed by atoms with Crippen LogP contribution in [0.1, 0.15) is 140 Å². The number of furan rings is 1. The first-order valence-corrected chi connectivity index (χ1v) is 31.8. The highest BCUT2D eigenvalue weighted by atomic mass is 16.3. The van der Waals surface area contributed by atoms with Gasteiger partial charge in [0.1, 0.15) is 11.3 Å². The van der Waals surface area contributed by atoms with Crippen molar-refractivity contribution in [3.05, 3.63) is 263 Å². The zero-order valence-electron chi connectivity index (χ0n) is 52.5. The van der Waals surface area contributed by atoms with Gasteiger partial charge in [-0.05, 0) is 192 Å². The summed E-state index contributed by atoms with van der Waals surface area (Å²) >= 11 is 0. The van der Waals surface area contributed by atoms with Crippen LogP contribution in [0.2, 0.25) is 0 Å². The molecule has 4 nitrogen and oxygen atoms in total. The largest absolute Gasteiger partial charge is 0.460 e. The van der Waals surface area contributed by atoms with Crippen LogP contribution in [0.5, 0.6) is 0 Å².